The quantitative estimate of drug-likeness (QED) is 0.500. The molecular weight excluding hydrogens is 386 g/mol. The van der Waals surface area contributed by atoms with E-state index in [9.17, 15) is 4.79 Å². The van der Waals surface area contributed by atoms with E-state index in [0.29, 0.717) is 5.41 Å². The minimum atomic E-state index is 0.0373. The average Bonchev–Trinajstić information content (AvgIpc) is 2.79. The van der Waals surface area contributed by atoms with Gasteiger partial charge in [0.05, 0.1) is 5.52 Å². The number of hydrogen-bond donors (Lipinski definition) is 3. The number of aryl methyl sites for hydroxylation is 1. The third kappa shape index (κ3) is 5.64. The number of aliphatic hydroxyl groups is 1. The summed E-state index contributed by atoms with van der Waals surface area (Å²) < 4.78 is 0. The van der Waals surface area contributed by atoms with Gasteiger partial charge in [-0.05, 0) is 81.1 Å². The fourth-order valence-corrected chi connectivity index (χ4v) is 5.69. The van der Waals surface area contributed by atoms with Gasteiger partial charge in [0.1, 0.15) is 0 Å². The number of rotatable bonds is 10. The van der Waals surface area contributed by atoms with Crippen LogP contribution in [0.25, 0.3) is 10.9 Å². The van der Waals surface area contributed by atoms with Crippen LogP contribution in [-0.4, -0.2) is 42.2 Å². The second kappa shape index (κ2) is 10.6. The van der Waals surface area contributed by atoms with Gasteiger partial charge in [0, 0.05) is 29.8 Å². The van der Waals surface area contributed by atoms with E-state index in [4.69, 9.17) is 10.1 Å². The highest BCUT2D eigenvalue weighted by Gasteiger charge is 2.39. The Bertz CT molecular complexity index is 872. The van der Waals surface area contributed by atoms with Gasteiger partial charge < -0.3 is 15.7 Å². The first-order valence-electron chi connectivity index (χ1n) is 12.2. The van der Waals surface area contributed by atoms with Crippen LogP contribution < -0.4 is 10.6 Å². The third-order valence-electron chi connectivity index (χ3n) is 7.32. The number of hydrogen-bond acceptors (Lipinski definition) is 4. The lowest BCUT2D eigenvalue weighted by Gasteiger charge is -2.45. The molecule has 0 unspecified atom stereocenters. The van der Waals surface area contributed by atoms with Crippen molar-refractivity contribution in [3.05, 3.63) is 41.6 Å². The number of pyridine rings is 1. The monoisotopic (exact) mass is 423 g/mol. The molecule has 2 aliphatic rings. The SMILES string of the molecule is O=C(NCC12CCCC(CCC1)C2)c1cccc2nc(CCCNCCCO)ccc12. The number of benzene rings is 1. The van der Waals surface area contributed by atoms with Crippen molar-refractivity contribution in [2.45, 2.75) is 64.2 Å². The molecule has 1 aromatic carbocycles. The fourth-order valence-electron chi connectivity index (χ4n) is 5.69. The van der Waals surface area contributed by atoms with Gasteiger partial charge in [-0.25, -0.2) is 0 Å². The molecule has 1 amide bonds. The Morgan fingerprint density at radius 2 is 1.90 bits per heavy atom. The molecule has 0 spiro atoms. The van der Waals surface area contributed by atoms with Crippen molar-refractivity contribution in [2.24, 2.45) is 11.3 Å². The highest BCUT2D eigenvalue weighted by Crippen LogP contribution is 2.48. The van der Waals surface area contributed by atoms with E-state index < -0.39 is 0 Å². The lowest BCUT2D eigenvalue weighted by atomic mass is 9.62. The molecule has 1 aromatic heterocycles. The zero-order chi connectivity index (χ0) is 21.5. The van der Waals surface area contributed by atoms with Crippen molar-refractivity contribution in [2.75, 3.05) is 26.2 Å². The van der Waals surface area contributed by atoms with Crippen LogP contribution in [0.1, 0.15) is 73.8 Å². The van der Waals surface area contributed by atoms with E-state index in [0.717, 1.165) is 67.0 Å². The summed E-state index contributed by atoms with van der Waals surface area (Å²) in [5.74, 6) is 0.916. The standard InChI is InChI=1S/C26H37N3O2/c30-17-5-16-27-15-4-8-21-11-12-22-23(9-1-10-24(22)29-21)25(31)28-19-26-13-2-6-20(18-26)7-3-14-26/h1,9-12,20,27,30H,2-8,13-19H2,(H,28,31). The summed E-state index contributed by atoms with van der Waals surface area (Å²) in [4.78, 5) is 17.9. The van der Waals surface area contributed by atoms with Gasteiger partial charge in [0.2, 0.25) is 0 Å². The third-order valence-corrected chi connectivity index (χ3v) is 7.32. The number of fused-ring (bicyclic) bond motifs is 3. The molecule has 2 aromatic rings. The number of aliphatic hydroxyl groups excluding tert-OH is 1. The summed E-state index contributed by atoms with van der Waals surface area (Å²) in [5.41, 5.74) is 3.02. The zero-order valence-corrected chi connectivity index (χ0v) is 18.7. The van der Waals surface area contributed by atoms with E-state index in [2.05, 4.69) is 22.8 Å². The number of carbonyl (C=O) groups is 1. The van der Waals surface area contributed by atoms with Gasteiger partial charge in [0.15, 0.2) is 0 Å². The Hall–Kier alpha value is -1.98. The topological polar surface area (TPSA) is 74.2 Å². The average molecular weight is 424 g/mol. The summed E-state index contributed by atoms with van der Waals surface area (Å²) in [6, 6.07) is 9.98. The highest BCUT2D eigenvalue weighted by atomic mass is 16.3. The Balaban J connectivity index is 1.36. The molecule has 3 N–H and O–H groups in total. The number of carbonyl (C=O) groups excluding carboxylic acids is 1. The normalized spacial score (nSPS) is 23.1. The molecule has 0 saturated heterocycles. The lowest BCUT2D eigenvalue weighted by Crippen LogP contribution is -2.42. The summed E-state index contributed by atoms with van der Waals surface area (Å²) in [7, 11) is 0. The Kier molecular flexibility index (Phi) is 7.57. The van der Waals surface area contributed by atoms with E-state index in [1.807, 2.05) is 18.2 Å². The van der Waals surface area contributed by atoms with Crippen LogP contribution in [0.15, 0.2) is 30.3 Å². The van der Waals surface area contributed by atoms with E-state index >= 15 is 0 Å². The molecule has 0 atom stereocenters. The zero-order valence-electron chi connectivity index (χ0n) is 18.7. The van der Waals surface area contributed by atoms with Crippen LogP contribution >= 0.6 is 0 Å². The molecule has 2 fully saturated rings. The molecule has 2 bridgehead atoms. The number of aromatic nitrogens is 1. The smallest absolute Gasteiger partial charge is 0.251 e. The maximum absolute atomic E-state index is 13.1. The molecule has 1 heterocycles. The van der Waals surface area contributed by atoms with E-state index in [1.165, 1.54) is 44.9 Å². The van der Waals surface area contributed by atoms with Gasteiger partial charge >= 0.3 is 0 Å². The Morgan fingerprint density at radius 3 is 2.71 bits per heavy atom. The summed E-state index contributed by atoms with van der Waals surface area (Å²) >= 11 is 0. The summed E-state index contributed by atoms with van der Waals surface area (Å²) in [6.07, 6.45) is 11.9. The fraction of sp³-hybridized carbons (Fsp3) is 0.615. The second-order valence-corrected chi connectivity index (χ2v) is 9.64. The molecular formula is C26H37N3O2. The van der Waals surface area contributed by atoms with Gasteiger partial charge in [0.25, 0.3) is 5.91 Å². The molecule has 5 heteroatoms. The first-order chi connectivity index (χ1) is 15.2. The van der Waals surface area contributed by atoms with E-state index in [1.54, 1.807) is 0 Å². The van der Waals surface area contributed by atoms with E-state index in [-0.39, 0.29) is 12.5 Å². The van der Waals surface area contributed by atoms with Crippen LogP contribution in [0.5, 0.6) is 0 Å². The van der Waals surface area contributed by atoms with Gasteiger partial charge in [-0.1, -0.05) is 37.8 Å². The lowest BCUT2D eigenvalue weighted by molar-refractivity contribution is 0.0682. The van der Waals surface area contributed by atoms with Crippen LogP contribution in [0.2, 0.25) is 0 Å². The van der Waals surface area contributed by atoms with Crippen molar-refractivity contribution in [3.8, 4) is 0 Å². The maximum atomic E-state index is 13.1. The number of nitrogens with one attached hydrogen (secondary N) is 2. The first-order valence-corrected chi connectivity index (χ1v) is 12.2. The molecule has 5 nitrogen and oxygen atoms in total. The molecule has 2 aliphatic carbocycles. The van der Waals surface area contributed by atoms with Gasteiger partial charge in [-0.2, -0.15) is 0 Å². The maximum Gasteiger partial charge on any atom is 0.251 e. The molecule has 2 saturated carbocycles. The first kappa shape index (κ1) is 22.2. The van der Waals surface area contributed by atoms with Gasteiger partial charge in [-0.15, -0.1) is 0 Å². The Labute approximate surface area is 186 Å². The predicted molar refractivity (Wildman–Crippen MR) is 125 cm³/mol. The minimum absolute atomic E-state index is 0.0373. The molecule has 0 radical (unpaired) electrons. The highest BCUT2D eigenvalue weighted by molar-refractivity contribution is 6.06. The molecule has 0 aliphatic heterocycles. The van der Waals surface area contributed by atoms with Crippen molar-refractivity contribution >= 4 is 16.8 Å². The van der Waals surface area contributed by atoms with Crippen LogP contribution in [-0.2, 0) is 6.42 Å². The Morgan fingerprint density at radius 1 is 1.10 bits per heavy atom. The van der Waals surface area contributed by atoms with Gasteiger partial charge in [-0.3, -0.25) is 9.78 Å². The molecule has 4 rings (SSSR count). The minimum Gasteiger partial charge on any atom is -0.396 e. The second-order valence-electron chi connectivity index (χ2n) is 9.64. The molecule has 168 valence electrons. The van der Waals surface area contributed by atoms with Crippen molar-refractivity contribution in [1.29, 1.82) is 0 Å². The molecule has 31 heavy (non-hydrogen) atoms. The predicted octanol–water partition coefficient (Wildman–Crippen LogP) is 4.23. The summed E-state index contributed by atoms with van der Waals surface area (Å²) in [6.45, 7) is 2.82. The van der Waals surface area contributed by atoms with Crippen molar-refractivity contribution in [3.63, 3.8) is 0 Å². The largest absolute Gasteiger partial charge is 0.396 e. The number of nitrogens with zero attached hydrogens (tertiary/aromatic N) is 1. The van der Waals surface area contributed by atoms with Crippen LogP contribution in [0.4, 0.5) is 0 Å². The van der Waals surface area contributed by atoms with Crippen LogP contribution in [0.3, 0.4) is 0 Å². The summed E-state index contributed by atoms with van der Waals surface area (Å²) in [5, 5.41) is 16.4. The van der Waals surface area contributed by atoms with Crippen LogP contribution in [0, 0.1) is 11.3 Å². The van der Waals surface area contributed by atoms with Crippen molar-refractivity contribution < 1.29 is 9.90 Å². The number of amides is 1. The van der Waals surface area contributed by atoms with Crippen molar-refractivity contribution in [1.82, 2.24) is 15.6 Å².